The van der Waals surface area contributed by atoms with Crippen LogP contribution in [0.2, 0.25) is 0 Å². The quantitative estimate of drug-likeness (QED) is 0.732. The molecule has 0 aromatic heterocycles. The Balaban J connectivity index is 1.37. The highest BCUT2D eigenvalue weighted by atomic mass is 16.5. The first-order valence-corrected chi connectivity index (χ1v) is 11.7. The number of methoxy groups -OCH3 is 1. The van der Waals surface area contributed by atoms with E-state index in [1.165, 1.54) is 11.3 Å². The third kappa shape index (κ3) is 5.30. The number of amides is 2. The molecule has 1 atom stereocenters. The molecule has 2 amide bonds. The number of nitrogens with one attached hydrogen (secondary N) is 1. The number of carbonyl (C=O) groups is 2. The second-order valence-electron chi connectivity index (χ2n) is 8.94. The number of para-hydroxylation sites is 1. The van der Waals surface area contributed by atoms with Crippen molar-refractivity contribution in [2.24, 2.45) is 0 Å². The second kappa shape index (κ2) is 10.3. The smallest absolute Gasteiger partial charge is 0.237 e. The highest BCUT2D eigenvalue weighted by Gasteiger charge is 2.33. The lowest BCUT2D eigenvalue weighted by Gasteiger charge is -2.39. The van der Waals surface area contributed by atoms with Crippen LogP contribution in [0.15, 0.2) is 42.5 Å². The molecule has 0 saturated carbocycles. The summed E-state index contributed by atoms with van der Waals surface area (Å²) in [6.45, 7) is 9.08. The zero-order valence-corrected chi connectivity index (χ0v) is 19.8. The van der Waals surface area contributed by atoms with Crippen LogP contribution in [0.1, 0.15) is 23.1 Å². The fraction of sp³-hybridized carbons (Fsp3) is 0.462. The number of hydrogen-bond acceptors (Lipinski definition) is 5. The summed E-state index contributed by atoms with van der Waals surface area (Å²) < 4.78 is 5.36. The number of ether oxygens (including phenoxy) is 1. The highest BCUT2D eigenvalue weighted by Crippen LogP contribution is 2.23. The molecule has 0 unspecified atom stereocenters. The second-order valence-corrected chi connectivity index (χ2v) is 8.94. The molecule has 2 heterocycles. The number of aryl methyl sites for hydroxylation is 2. The van der Waals surface area contributed by atoms with Crippen molar-refractivity contribution in [3.05, 3.63) is 59.2 Å². The Morgan fingerprint density at radius 1 is 1.03 bits per heavy atom. The number of nitrogens with zero attached hydrogens (tertiary/aromatic N) is 3. The lowest BCUT2D eigenvalue weighted by molar-refractivity contribution is -0.139. The third-order valence-corrected chi connectivity index (χ3v) is 6.74. The molecule has 1 N–H and O–H groups in total. The highest BCUT2D eigenvalue weighted by molar-refractivity contribution is 5.89. The first kappa shape index (κ1) is 23.1. The predicted molar refractivity (Wildman–Crippen MR) is 130 cm³/mol. The number of rotatable bonds is 6. The van der Waals surface area contributed by atoms with Gasteiger partial charge in [0.05, 0.1) is 19.6 Å². The van der Waals surface area contributed by atoms with Crippen molar-refractivity contribution < 1.29 is 14.3 Å². The van der Waals surface area contributed by atoms with E-state index in [2.05, 4.69) is 46.3 Å². The molecule has 2 aromatic rings. The fourth-order valence-corrected chi connectivity index (χ4v) is 4.86. The van der Waals surface area contributed by atoms with Crippen molar-refractivity contribution >= 4 is 17.5 Å². The van der Waals surface area contributed by atoms with Gasteiger partial charge in [0, 0.05) is 51.5 Å². The summed E-state index contributed by atoms with van der Waals surface area (Å²) in [6.07, 6.45) is 0.214. The zero-order chi connectivity index (χ0) is 23.4. The van der Waals surface area contributed by atoms with E-state index < -0.39 is 6.04 Å². The summed E-state index contributed by atoms with van der Waals surface area (Å²) in [6, 6.07) is 14.0. The van der Waals surface area contributed by atoms with Gasteiger partial charge in [0.1, 0.15) is 5.75 Å². The van der Waals surface area contributed by atoms with Gasteiger partial charge < -0.3 is 19.9 Å². The van der Waals surface area contributed by atoms with E-state index in [0.717, 1.165) is 36.5 Å². The summed E-state index contributed by atoms with van der Waals surface area (Å²) in [7, 11) is 1.67. The lowest BCUT2D eigenvalue weighted by atomic mass is 10.0. The molecule has 0 bridgehead atoms. The van der Waals surface area contributed by atoms with Crippen molar-refractivity contribution in [3.8, 4) is 5.75 Å². The summed E-state index contributed by atoms with van der Waals surface area (Å²) in [5.74, 6) is 0.850. The van der Waals surface area contributed by atoms with Gasteiger partial charge in [-0.2, -0.15) is 0 Å². The SMILES string of the molecule is COc1ccc(CN2CCNC(=O)[C@H]2CC(=O)N2CCN(c3ccccc3C)CC2)cc1C. The maximum atomic E-state index is 13.1. The maximum Gasteiger partial charge on any atom is 0.237 e. The molecule has 0 aliphatic carbocycles. The van der Waals surface area contributed by atoms with E-state index in [9.17, 15) is 9.59 Å². The van der Waals surface area contributed by atoms with Gasteiger partial charge in [-0.25, -0.2) is 0 Å². The number of anilines is 1. The van der Waals surface area contributed by atoms with Crippen LogP contribution in [-0.4, -0.2) is 74.0 Å². The summed E-state index contributed by atoms with van der Waals surface area (Å²) in [5.41, 5.74) is 4.67. The fourth-order valence-electron chi connectivity index (χ4n) is 4.86. The Labute approximate surface area is 196 Å². The van der Waals surface area contributed by atoms with Crippen LogP contribution in [0.25, 0.3) is 0 Å². The van der Waals surface area contributed by atoms with Gasteiger partial charge in [0.15, 0.2) is 0 Å². The van der Waals surface area contributed by atoms with Gasteiger partial charge in [-0.05, 0) is 42.7 Å². The average molecular weight is 451 g/mol. The van der Waals surface area contributed by atoms with Gasteiger partial charge in [0.2, 0.25) is 11.8 Å². The van der Waals surface area contributed by atoms with Crippen LogP contribution in [0.3, 0.4) is 0 Å². The normalized spacial score (nSPS) is 19.4. The molecule has 7 heteroatoms. The predicted octanol–water partition coefficient (Wildman–Crippen LogP) is 2.35. The van der Waals surface area contributed by atoms with Gasteiger partial charge in [-0.3, -0.25) is 14.5 Å². The van der Waals surface area contributed by atoms with Crippen molar-refractivity contribution in [2.45, 2.75) is 32.9 Å². The molecule has 0 radical (unpaired) electrons. The molecule has 2 aliphatic heterocycles. The Morgan fingerprint density at radius 2 is 1.79 bits per heavy atom. The molecule has 176 valence electrons. The third-order valence-electron chi connectivity index (χ3n) is 6.74. The minimum atomic E-state index is -0.442. The number of piperazine rings is 2. The molecule has 2 aliphatic rings. The van der Waals surface area contributed by atoms with Crippen molar-refractivity contribution in [3.63, 3.8) is 0 Å². The Bertz CT molecular complexity index is 1000. The van der Waals surface area contributed by atoms with Crippen LogP contribution < -0.4 is 15.0 Å². The summed E-state index contributed by atoms with van der Waals surface area (Å²) in [4.78, 5) is 32.2. The largest absolute Gasteiger partial charge is 0.496 e. The number of carbonyl (C=O) groups excluding carboxylic acids is 2. The van der Waals surface area contributed by atoms with Crippen LogP contribution in [0.5, 0.6) is 5.75 Å². The molecule has 0 spiro atoms. The average Bonchev–Trinajstić information content (AvgIpc) is 2.82. The molecular formula is C26H34N4O3. The van der Waals surface area contributed by atoms with Crippen LogP contribution in [0, 0.1) is 13.8 Å². The Morgan fingerprint density at radius 3 is 2.48 bits per heavy atom. The minimum absolute atomic E-state index is 0.0531. The van der Waals surface area contributed by atoms with E-state index in [1.54, 1.807) is 7.11 Å². The zero-order valence-electron chi connectivity index (χ0n) is 19.8. The monoisotopic (exact) mass is 450 g/mol. The lowest BCUT2D eigenvalue weighted by Crippen LogP contribution is -2.57. The van der Waals surface area contributed by atoms with Gasteiger partial charge in [0.25, 0.3) is 0 Å². The van der Waals surface area contributed by atoms with Crippen LogP contribution in [-0.2, 0) is 16.1 Å². The minimum Gasteiger partial charge on any atom is -0.496 e. The summed E-state index contributed by atoms with van der Waals surface area (Å²) in [5, 5.41) is 2.94. The van der Waals surface area contributed by atoms with E-state index in [4.69, 9.17) is 4.74 Å². The Hall–Kier alpha value is -3.06. The molecular weight excluding hydrogens is 416 g/mol. The number of hydrogen-bond donors (Lipinski definition) is 1. The van der Waals surface area contributed by atoms with Gasteiger partial charge >= 0.3 is 0 Å². The topological polar surface area (TPSA) is 65.1 Å². The number of benzene rings is 2. The van der Waals surface area contributed by atoms with E-state index >= 15 is 0 Å². The molecule has 4 rings (SSSR count). The Kier molecular flexibility index (Phi) is 7.18. The van der Waals surface area contributed by atoms with Crippen LogP contribution in [0.4, 0.5) is 5.69 Å². The van der Waals surface area contributed by atoms with Gasteiger partial charge in [-0.15, -0.1) is 0 Å². The molecule has 2 aromatic carbocycles. The summed E-state index contributed by atoms with van der Waals surface area (Å²) >= 11 is 0. The maximum absolute atomic E-state index is 13.1. The van der Waals surface area contributed by atoms with E-state index in [0.29, 0.717) is 26.2 Å². The first-order valence-electron chi connectivity index (χ1n) is 11.7. The first-order chi connectivity index (χ1) is 16.0. The van der Waals surface area contributed by atoms with E-state index in [1.807, 2.05) is 30.0 Å². The van der Waals surface area contributed by atoms with Crippen molar-refractivity contribution in [1.82, 2.24) is 15.1 Å². The molecule has 7 nitrogen and oxygen atoms in total. The van der Waals surface area contributed by atoms with Gasteiger partial charge in [-0.1, -0.05) is 30.3 Å². The standard InChI is InChI=1S/C26H34N4O3/c1-19-6-4-5-7-22(19)28-12-14-29(15-13-28)25(31)17-23-26(32)27-10-11-30(23)18-21-8-9-24(33-3)20(2)16-21/h4-9,16,23H,10-15,17-18H2,1-3H3,(H,27,32)/t23-/m1/s1. The van der Waals surface area contributed by atoms with E-state index in [-0.39, 0.29) is 18.2 Å². The molecule has 33 heavy (non-hydrogen) atoms. The van der Waals surface area contributed by atoms with Crippen molar-refractivity contribution in [2.75, 3.05) is 51.3 Å². The molecule has 2 saturated heterocycles. The molecule has 2 fully saturated rings. The van der Waals surface area contributed by atoms with Crippen molar-refractivity contribution in [1.29, 1.82) is 0 Å². The van der Waals surface area contributed by atoms with Crippen LogP contribution >= 0.6 is 0 Å².